The molecule has 0 saturated carbocycles. The Morgan fingerprint density at radius 1 is 1.47 bits per heavy atom. The fourth-order valence-electron chi connectivity index (χ4n) is 2.16. The van der Waals surface area contributed by atoms with Crippen molar-refractivity contribution in [1.29, 1.82) is 0 Å². The highest BCUT2D eigenvalue weighted by Gasteiger charge is 2.19. The smallest absolute Gasteiger partial charge is 0.127 e. The Kier molecular flexibility index (Phi) is 5.18. The number of hydrogen-bond acceptors (Lipinski definition) is 3. The number of rotatable bonds is 3. The van der Waals surface area contributed by atoms with Crippen molar-refractivity contribution >= 4 is 12.4 Å². The van der Waals surface area contributed by atoms with Crippen molar-refractivity contribution in [1.82, 2.24) is 10.2 Å². The highest BCUT2D eigenvalue weighted by atomic mass is 35.5. The van der Waals surface area contributed by atoms with E-state index in [9.17, 15) is 9.50 Å². The van der Waals surface area contributed by atoms with Crippen LogP contribution in [0.25, 0.3) is 0 Å². The van der Waals surface area contributed by atoms with Crippen LogP contribution in [0.5, 0.6) is 5.75 Å². The zero-order chi connectivity index (χ0) is 11.5. The molecule has 2 rings (SSSR count). The fourth-order valence-corrected chi connectivity index (χ4v) is 2.16. The van der Waals surface area contributed by atoms with Crippen LogP contribution in [0.4, 0.5) is 4.39 Å². The second-order valence-electron chi connectivity index (χ2n) is 4.38. The van der Waals surface area contributed by atoms with Crippen molar-refractivity contribution in [2.24, 2.45) is 0 Å². The van der Waals surface area contributed by atoms with Gasteiger partial charge in [0.15, 0.2) is 0 Å². The standard InChI is InChI=1S/C12H17FN2O.ClH/c1-15(11-2-3-14-7-11)8-9-4-10(13)6-12(16)5-9;/h4-6,11,14,16H,2-3,7-8H2,1H3;1H. The molecule has 1 aliphatic heterocycles. The molecule has 0 spiro atoms. The number of nitrogens with one attached hydrogen (secondary N) is 1. The quantitative estimate of drug-likeness (QED) is 0.869. The van der Waals surface area contributed by atoms with Gasteiger partial charge in [0.1, 0.15) is 11.6 Å². The van der Waals surface area contributed by atoms with Crippen LogP contribution < -0.4 is 5.32 Å². The van der Waals surface area contributed by atoms with Gasteiger partial charge in [0.2, 0.25) is 0 Å². The summed E-state index contributed by atoms with van der Waals surface area (Å²) in [6.45, 7) is 2.69. The number of halogens is 2. The van der Waals surface area contributed by atoms with Gasteiger partial charge < -0.3 is 10.4 Å². The van der Waals surface area contributed by atoms with Gasteiger partial charge in [-0.15, -0.1) is 12.4 Å². The van der Waals surface area contributed by atoms with Gasteiger partial charge in [0, 0.05) is 25.2 Å². The topological polar surface area (TPSA) is 35.5 Å². The molecule has 1 aromatic carbocycles. The summed E-state index contributed by atoms with van der Waals surface area (Å²) in [4.78, 5) is 2.19. The Hall–Kier alpha value is -0.840. The number of likely N-dealkylation sites (N-methyl/N-ethyl adjacent to an activating group) is 1. The summed E-state index contributed by atoms with van der Waals surface area (Å²) in [6.07, 6.45) is 1.12. The van der Waals surface area contributed by atoms with E-state index < -0.39 is 0 Å². The highest BCUT2D eigenvalue weighted by molar-refractivity contribution is 5.85. The minimum absolute atomic E-state index is 0. The van der Waals surface area contributed by atoms with E-state index in [2.05, 4.69) is 10.2 Å². The molecule has 96 valence electrons. The molecule has 0 aliphatic carbocycles. The molecule has 3 nitrogen and oxygen atoms in total. The summed E-state index contributed by atoms with van der Waals surface area (Å²) in [5.41, 5.74) is 0.812. The molecule has 1 aliphatic rings. The maximum absolute atomic E-state index is 13.1. The molecule has 1 fully saturated rings. The molecule has 1 aromatic rings. The van der Waals surface area contributed by atoms with E-state index in [1.807, 2.05) is 7.05 Å². The van der Waals surface area contributed by atoms with Crippen LogP contribution in [0.15, 0.2) is 18.2 Å². The van der Waals surface area contributed by atoms with E-state index in [-0.39, 0.29) is 24.0 Å². The van der Waals surface area contributed by atoms with Gasteiger partial charge in [-0.2, -0.15) is 0 Å². The Balaban J connectivity index is 0.00000144. The Bertz CT molecular complexity index is 349. The third-order valence-corrected chi connectivity index (χ3v) is 3.03. The van der Waals surface area contributed by atoms with E-state index in [0.717, 1.165) is 31.1 Å². The summed E-state index contributed by atoms with van der Waals surface area (Å²) >= 11 is 0. The van der Waals surface area contributed by atoms with Crippen LogP contribution in [0.1, 0.15) is 12.0 Å². The second kappa shape index (κ2) is 6.19. The van der Waals surface area contributed by atoms with Crippen molar-refractivity contribution in [2.75, 3.05) is 20.1 Å². The summed E-state index contributed by atoms with van der Waals surface area (Å²) < 4.78 is 13.1. The van der Waals surface area contributed by atoms with Crippen LogP contribution in [0, 0.1) is 5.82 Å². The number of hydrogen-bond donors (Lipinski definition) is 2. The maximum atomic E-state index is 13.1. The van der Waals surface area contributed by atoms with E-state index in [1.54, 1.807) is 6.07 Å². The first kappa shape index (κ1) is 14.2. The molecule has 0 bridgehead atoms. The van der Waals surface area contributed by atoms with Crippen molar-refractivity contribution < 1.29 is 9.50 Å². The Morgan fingerprint density at radius 3 is 2.82 bits per heavy atom. The molecule has 1 unspecified atom stereocenters. The number of phenolic OH excluding ortho intramolecular Hbond substituents is 1. The van der Waals surface area contributed by atoms with Gasteiger partial charge in [-0.3, -0.25) is 4.90 Å². The van der Waals surface area contributed by atoms with Crippen LogP contribution >= 0.6 is 12.4 Å². The number of benzene rings is 1. The third kappa shape index (κ3) is 3.84. The third-order valence-electron chi connectivity index (χ3n) is 3.03. The number of nitrogens with zero attached hydrogens (tertiary/aromatic N) is 1. The normalized spacial score (nSPS) is 19.4. The van der Waals surface area contributed by atoms with E-state index in [4.69, 9.17) is 0 Å². The van der Waals surface area contributed by atoms with Crippen LogP contribution in [-0.2, 0) is 6.54 Å². The minimum Gasteiger partial charge on any atom is -0.508 e. The van der Waals surface area contributed by atoms with Crippen molar-refractivity contribution in [3.8, 4) is 5.75 Å². The monoisotopic (exact) mass is 260 g/mol. The molecule has 1 saturated heterocycles. The molecule has 1 atom stereocenters. The zero-order valence-electron chi connectivity index (χ0n) is 9.82. The number of phenols is 1. The first-order chi connectivity index (χ1) is 7.65. The van der Waals surface area contributed by atoms with E-state index >= 15 is 0 Å². The first-order valence-electron chi connectivity index (χ1n) is 5.54. The molecule has 17 heavy (non-hydrogen) atoms. The maximum Gasteiger partial charge on any atom is 0.127 e. The van der Waals surface area contributed by atoms with Gasteiger partial charge in [-0.25, -0.2) is 4.39 Å². The lowest BCUT2D eigenvalue weighted by molar-refractivity contribution is 0.248. The number of aromatic hydroxyl groups is 1. The lowest BCUT2D eigenvalue weighted by Crippen LogP contribution is -2.32. The second-order valence-corrected chi connectivity index (χ2v) is 4.38. The van der Waals surface area contributed by atoms with Crippen LogP contribution in [-0.4, -0.2) is 36.2 Å². The Morgan fingerprint density at radius 2 is 2.24 bits per heavy atom. The predicted octanol–water partition coefficient (Wildman–Crippen LogP) is 1.75. The molecule has 0 radical (unpaired) electrons. The molecular formula is C12H18ClFN2O. The van der Waals surface area contributed by atoms with Crippen LogP contribution in [0.3, 0.4) is 0 Å². The lowest BCUT2D eigenvalue weighted by Gasteiger charge is -2.23. The van der Waals surface area contributed by atoms with Gasteiger partial charge in [-0.1, -0.05) is 0 Å². The molecule has 2 N–H and O–H groups in total. The average molecular weight is 261 g/mol. The minimum atomic E-state index is -0.382. The molecule has 0 amide bonds. The van der Waals surface area contributed by atoms with E-state index in [1.165, 1.54) is 6.07 Å². The largest absolute Gasteiger partial charge is 0.508 e. The van der Waals surface area contributed by atoms with Gasteiger partial charge >= 0.3 is 0 Å². The van der Waals surface area contributed by atoms with Crippen molar-refractivity contribution in [3.63, 3.8) is 0 Å². The zero-order valence-corrected chi connectivity index (χ0v) is 10.6. The lowest BCUT2D eigenvalue weighted by atomic mass is 10.1. The fraction of sp³-hybridized carbons (Fsp3) is 0.500. The SMILES string of the molecule is CN(Cc1cc(O)cc(F)c1)C1CCNC1.Cl. The summed E-state index contributed by atoms with van der Waals surface area (Å²) in [7, 11) is 2.03. The van der Waals surface area contributed by atoms with Crippen molar-refractivity contribution in [3.05, 3.63) is 29.6 Å². The van der Waals surface area contributed by atoms with Gasteiger partial charge in [0.05, 0.1) is 0 Å². The van der Waals surface area contributed by atoms with Crippen molar-refractivity contribution in [2.45, 2.75) is 19.0 Å². The average Bonchev–Trinajstić information content (AvgIpc) is 2.68. The summed E-state index contributed by atoms with van der Waals surface area (Å²) in [6, 6.07) is 4.71. The summed E-state index contributed by atoms with van der Waals surface area (Å²) in [5, 5.41) is 12.6. The van der Waals surface area contributed by atoms with Crippen LogP contribution in [0.2, 0.25) is 0 Å². The molecular weight excluding hydrogens is 243 g/mol. The predicted molar refractivity (Wildman–Crippen MR) is 68.1 cm³/mol. The summed E-state index contributed by atoms with van der Waals surface area (Å²) in [5.74, 6) is -0.388. The van der Waals surface area contributed by atoms with Gasteiger partial charge in [-0.05, 0) is 37.7 Å². The highest BCUT2D eigenvalue weighted by Crippen LogP contribution is 2.17. The van der Waals surface area contributed by atoms with E-state index in [0.29, 0.717) is 12.6 Å². The molecule has 0 aromatic heterocycles. The molecule has 5 heteroatoms. The first-order valence-corrected chi connectivity index (χ1v) is 5.54. The Labute approximate surface area is 107 Å². The van der Waals surface area contributed by atoms with Gasteiger partial charge in [0.25, 0.3) is 0 Å². The molecule has 1 heterocycles.